The van der Waals surface area contributed by atoms with E-state index in [0.717, 1.165) is 19.3 Å². The summed E-state index contributed by atoms with van der Waals surface area (Å²) in [5, 5.41) is 9.96. The van der Waals surface area contributed by atoms with Crippen LogP contribution in [0.3, 0.4) is 0 Å². The zero-order valence-electron chi connectivity index (χ0n) is 8.26. The molecule has 1 aromatic carbocycles. The topological polar surface area (TPSA) is 20.2 Å². The maximum Gasteiger partial charge on any atom is 0.0614 e. The molecule has 2 rings (SSSR count). The van der Waals surface area contributed by atoms with Crippen LogP contribution >= 0.6 is 0 Å². The van der Waals surface area contributed by atoms with Crippen LogP contribution in [0.2, 0.25) is 0 Å². The van der Waals surface area contributed by atoms with Gasteiger partial charge in [-0.2, -0.15) is 0 Å². The Balaban J connectivity index is 2.19. The van der Waals surface area contributed by atoms with Crippen LogP contribution in [0, 0.1) is 0 Å². The molecular formula is C13H16O. The standard InChI is InChI=1S/C13H16O/c14-13-10-6-2-5-9-12(13)11-7-3-1-4-8-11/h1-5,7-8,12-14H,6,9-10H2. The van der Waals surface area contributed by atoms with Gasteiger partial charge in [-0.15, -0.1) is 0 Å². The lowest BCUT2D eigenvalue weighted by Crippen LogP contribution is -2.16. The molecule has 0 spiro atoms. The maximum atomic E-state index is 9.96. The quantitative estimate of drug-likeness (QED) is 0.672. The zero-order chi connectivity index (χ0) is 9.80. The third-order valence-corrected chi connectivity index (χ3v) is 2.88. The van der Waals surface area contributed by atoms with Crippen molar-refractivity contribution in [2.75, 3.05) is 0 Å². The minimum Gasteiger partial charge on any atom is -0.392 e. The SMILES string of the molecule is OC1CCC=CCC1c1ccccc1. The van der Waals surface area contributed by atoms with Crippen LogP contribution in [0.1, 0.15) is 30.7 Å². The number of benzene rings is 1. The molecule has 1 N–H and O–H groups in total. The first kappa shape index (κ1) is 9.47. The lowest BCUT2D eigenvalue weighted by molar-refractivity contribution is 0.137. The Bertz CT molecular complexity index is 302. The van der Waals surface area contributed by atoms with Gasteiger partial charge in [-0.3, -0.25) is 0 Å². The Morgan fingerprint density at radius 1 is 1.07 bits per heavy atom. The van der Waals surface area contributed by atoms with E-state index in [1.54, 1.807) is 0 Å². The van der Waals surface area contributed by atoms with E-state index in [1.165, 1.54) is 5.56 Å². The molecule has 1 aliphatic rings. The first-order valence-corrected chi connectivity index (χ1v) is 5.26. The van der Waals surface area contributed by atoms with Crippen LogP contribution in [0.25, 0.3) is 0 Å². The van der Waals surface area contributed by atoms with Gasteiger partial charge in [0.1, 0.15) is 0 Å². The summed E-state index contributed by atoms with van der Waals surface area (Å²) in [7, 11) is 0. The normalized spacial score (nSPS) is 27.2. The zero-order valence-corrected chi connectivity index (χ0v) is 8.26. The van der Waals surface area contributed by atoms with Crippen LogP contribution in [0.5, 0.6) is 0 Å². The number of hydrogen-bond acceptors (Lipinski definition) is 1. The molecule has 0 saturated heterocycles. The summed E-state index contributed by atoms with van der Waals surface area (Å²) in [6, 6.07) is 10.3. The van der Waals surface area contributed by atoms with Crippen molar-refractivity contribution in [1.29, 1.82) is 0 Å². The van der Waals surface area contributed by atoms with Gasteiger partial charge in [0.15, 0.2) is 0 Å². The number of allylic oxidation sites excluding steroid dienone is 2. The first-order valence-electron chi connectivity index (χ1n) is 5.26. The summed E-state index contributed by atoms with van der Waals surface area (Å²) >= 11 is 0. The molecule has 2 unspecified atom stereocenters. The van der Waals surface area contributed by atoms with E-state index in [9.17, 15) is 5.11 Å². The highest BCUT2D eigenvalue weighted by Gasteiger charge is 2.20. The molecule has 0 amide bonds. The molecule has 0 fully saturated rings. The summed E-state index contributed by atoms with van der Waals surface area (Å²) in [6.45, 7) is 0. The Hall–Kier alpha value is -1.08. The van der Waals surface area contributed by atoms with Crippen molar-refractivity contribution in [3.63, 3.8) is 0 Å². The molecule has 0 bridgehead atoms. The second-order valence-electron chi connectivity index (χ2n) is 3.87. The molecule has 0 radical (unpaired) electrons. The van der Waals surface area contributed by atoms with Gasteiger partial charge in [-0.25, -0.2) is 0 Å². The third kappa shape index (κ3) is 2.05. The predicted octanol–water partition coefficient (Wildman–Crippen LogP) is 2.87. The van der Waals surface area contributed by atoms with Crippen molar-refractivity contribution in [3.8, 4) is 0 Å². The highest BCUT2D eigenvalue weighted by atomic mass is 16.3. The van der Waals surface area contributed by atoms with Gasteiger partial charge in [-0.05, 0) is 24.8 Å². The lowest BCUT2D eigenvalue weighted by Gasteiger charge is -2.20. The second-order valence-corrected chi connectivity index (χ2v) is 3.87. The van der Waals surface area contributed by atoms with E-state index in [0.29, 0.717) is 0 Å². The summed E-state index contributed by atoms with van der Waals surface area (Å²) in [6.07, 6.45) is 7.03. The van der Waals surface area contributed by atoms with Crippen LogP contribution < -0.4 is 0 Å². The van der Waals surface area contributed by atoms with E-state index in [2.05, 4.69) is 24.3 Å². The van der Waals surface area contributed by atoms with Gasteiger partial charge in [0.05, 0.1) is 6.10 Å². The van der Waals surface area contributed by atoms with Gasteiger partial charge in [0.2, 0.25) is 0 Å². The Morgan fingerprint density at radius 2 is 1.86 bits per heavy atom. The Labute approximate surface area is 85.1 Å². The average molecular weight is 188 g/mol. The van der Waals surface area contributed by atoms with Gasteiger partial charge in [0.25, 0.3) is 0 Å². The molecule has 1 aromatic rings. The molecule has 1 nitrogen and oxygen atoms in total. The molecule has 1 heteroatoms. The van der Waals surface area contributed by atoms with Crippen LogP contribution in [0.4, 0.5) is 0 Å². The van der Waals surface area contributed by atoms with E-state index in [-0.39, 0.29) is 12.0 Å². The fourth-order valence-corrected chi connectivity index (χ4v) is 2.04. The minimum atomic E-state index is -0.188. The molecule has 2 atom stereocenters. The van der Waals surface area contributed by atoms with Crippen LogP contribution in [-0.4, -0.2) is 11.2 Å². The molecule has 74 valence electrons. The lowest BCUT2D eigenvalue weighted by atomic mass is 9.90. The van der Waals surface area contributed by atoms with Crippen molar-refractivity contribution >= 4 is 0 Å². The van der Waals surface area contributed by atoms with Crippen molar-refractivity contribution < 1.29 is 5.11 Å². The van der Waals surface area contributed by atoms with Crippen LogP contribution in [-0.2, 0) is 0 Å². The monoisotopic (exact) mass is 188 g/mol. The molecule has 0 aromatic heterocycles. The number of aliphatic hydroxyl groups excluding tert-OH is 1. The second kappa shape index (κ2) is 4.43. The number of aliphatic hydroxyl groups is 1. The van der Waals surface area contributed by atoms with Crippen LogP contribution in [0.15, 0.2) is 42.5 Å². The molecule has 0 heterocycles. The Kier molecular flexibility index (Phi) is 3.00. The van der Waals surface area contributed by atoms with E-state index in [1.807, 2.05) is 18.2 Å². The summed E-state index contributed by atoms with van der Waals surface area (Å²) in [5.41, 5.74) is 1.26. The van der Waals surface area contributed by atoms with E-state index < -0.39 is 0 Å². The summed E-state index contributed by atoms with van der Waals surface area (Å²) < 4.78 is 0. The first-order chi connectivity index (χ1) is 6.88. The number of rotatable bonds is 1. The predicted molar refractivity (Wildman–Crippen MR) is 58.2 cm³/mol. The van der Waals surface area contributed by atoms with Gasteiger partial charge >= 0.3 is 0 Å². The fourth-order valence-electron chi connectivity index (χ4n) is 2.04. The largest absolute Gasteiger partial charge is 0.392 e. The summed E-state index contributed by atoms with van der Waals surface area (Å²) in [4.78, 5) is 0. The molecule has 1 aliphatic carbocycles. The van der Waals surface area contributed by atoms with Gasteiger partial charge < -0.3 is 5.11 Å². The molecule has 0 aliphatic heterocycles. The third-order valence-electron chi connectivity index (χ3n) is 2.88. The van der Waals surface area contributed by atoms with Gasteiger partial charge in [0, 0.05) is 5.92 Å². The number of hydrogen-bond donors (Lipinski definition) is 1. The minimum absolute atomic E-state index is 0.188. The fraction of sp³-hybridized carbons (Fsp3) is 0.385. The Morgan fingerprint density at radius 3 is 2.64 bits per heavy atom. The van der Waals surface area contributed by atoms with E-state index >= 15 is 0 Å². The maximum absolute atomic E-state index is 9.96. The van der Waals surface area contributed by atoms with Crippen molar-refractivity contribution in [2.45, 2.75) is 31.3 Å². The van der Waals surface area contributed by atoms with Crippen molar-refractivity contribution in [1.82, 2.24) is 0 Å². The highest BCUT2D eigenvalue weighted by Crippen LogP contribution is 2.28. The molecular weight excluding hydrogens is 172 g/mol. The van der Waals surface area contributed by atoms with E-state index in [4.69, 9.17) is 0 Å². The van der Waals surface area contributed by atoms with Gasteiger partial charge in [-0.1, -0.05) is 42.5 Å². The molecule has 14 heavy (non-hydrogen) atoms. The van der Waals surface area contributed by atoms with Crippen molar-refractivity contribution in [3.05, 3.63) is 48.0 Å². The van der Waals surface area contributed by atoms with Crippen molar-refractivity contribution in [2.24, 2.45) is 0 Å². The smallest absolute Gasteiger partial charge is 0.0614 e. The highest BCUT2D eigenvalue weighted by molar-refractivity contribution is 5.22. The average Bonchev–Trinajstić information content (AvgIpc) is 2.44. The molecule has 0 saturated carbocycles. The summed E-state index contributed by atoms with van der Waals surface area (Å²) in [5.74, 6) is 0.287.